The van der Waals surface area contributed by atoms with Crippen molar-refractivity contribution in [1.29, 1.82) is 0 Å². The highest BCUT2D eigenvalue weighted by Gasteiger charge is 2.37. The van der Waals surface area contributed by atoms with Crippen molar-refractivity contribution < 1.29 is 5.11 Å². The Bertz CT molecular complexity index is 602. The molecule has 2 aliphatic carbocycles. The fourth-order valence-corrected chi connectivity index (χ4v) is 3.84. The Morgan fingerprint density at radius 3 is 1.95 bits per heavy atom. The van der Waals surface area contributed by atoms with E-state index >= 15 is 0 Å². The molecule has 2 nitrogen and oxygen atoms in total. The average molecular weight is 279 g/mol. The van der Waals surface area contributed by atoms with E-state index in [4.69, 9.17) is 0 Å². The van der Waals surface area contributed by atoms with E-state index in [0.717, 1.165) is 6.54 Å². The van der Waals surface area contributed by atoms with Crippen molar-refractivity contribution in [2.24, 2.45) is 0 Å². The Labute approximate surface area is 126 Å². The van der Waals surface area contributed by atoms with Crippen molar-refractivity contribution in [1.82, 2.24) is 4.90 Å². The summed E-state index contributed by atoms with van der Waals surface area (Å²) < 4.78 is 0. The summed E-state index contributed by atoms with van der Waals surface area (Å²) in [6.07, 6.45) is 3.85. The van der Waals surface area contributed by atoms with E-state index in [1.54, 1.807) is 0 Å². The van der Waals surface area contributed by atoms with Gasteiger partial charge in [-0.2, -0.15) is 0 Å². The van der Waals surface area contributed by atoms with Crippen molar-refractivity contribution in [3.63, 3.8) is 0 Å². The van der Waals surface area contributed by atoms with Crippen LogP contribution in [0.15, 0.2) is 48.5 Å². The SMILES string of the molecule is OCCN(C1CCC1)C1c2ccccc2-c2ccccc21. The van der Waals surface area contributed by atoms with Crippen LogP contribution in [0, 0.1) is 0 Å². The molecule has 0 saturated heterocycles. The predicted octanol–water partition coefficient (Wildman–Crippen LogP) is 3.60. The summed E-state index contributed by atoms with van der Waals surface area (Å²) in [5.74, 6) is 0. The molecule has 2 aromatic rings. The first-order chi connectivity index (χ1) is 10.4. The summed E-state index contributed by atoms with van der Waals surface area (Å²) in [6.45, 7) is 0.995. The van der Waals surface area contributed by atoms with Crippen LogP contribution in [-0.4, -0.2) is 29.2 Å². The maximum absolute atomic E-state index is 9.52. The Hall–Kier alpha value is -1.64. The minimum absolute atomic E-state index is 0.233. The molecular formula is C19H21NO. The minimum atomic E-state index is 0.233. The van der Waals surface area contributed by atoms with Crippen molar-refractivity contribution in [2.45, 2.75) is 31.3 Å². The maximum Gasteiger partial charge on any atom is 0.0617 e. The van der Waals surface area contributed by atoms with Crippen LogP contribution in [0.25, 0.3) is 11.1 Å². The molecule has 1 saturated carbocycles. The number of rotatable bonds is 4. The third-order valence-corrected chi connectivity index (χ3v) is 5.03. The van der Waals surface area contributed by atoms with Crippen LogP contribution in [0.1, 0.15) is 36.4 Å². The van der Waals surface area contributed by atoms with Gasteiger partial charge in [-0.25, -0.2) is 0 Å². The van der Waals surface area contributed by atoms with Crippen molar-refractivity contribution >= 4 is 0 Å². The van der Waals surface area contributed by atoms with E-state index in [0.29, 0.717) is 12.1 Å². The summed E-state index contributed by atoms with van der Waals surface area (Å²) >= 11 is 0. The normalized spacial score (nSPS) is 17.6. The van der Waals surface area contributed by atoms with Crippen LogP contribution < -0.4 is 0 Å². The predicted molar refractivity (Wildman–Crippen MR) is 85.2 cm³/mol. The van der Waals surface area contributed by atoms with Crippen LogP contribution in [0.2, 0.25) is 0 Å². The largest absolute Gasteiger partial charge is 0.395 e. The van der Waals surface area contributed by atoms with Gasteiger partial charge in [0.15, 0.2) is 0 Å². The highest BCUT2D eigenvalue weighted by Crippen LogP contribution is 2.48. The van der Waals surface area contributed by atoms with E-state index in [1.807, 2.05) is 0 Å². The summed E-state index contributed by atoms with van der Waals surface area (Å²) in [5.41, 5.74) is 5.53. The number of aliphatic hydroxyl groups is 1. The average Bonchev–Trinajstić information content (AvgIpc) is 2.79. The molecule has 0 aliphatic heterocycles. The second kappa shape index (κ2) is 5.28. The molecule has 2 aliphatic rings. The molecule has 1 fully saturated rings. The molecule has 21 heavy (non-hydrogen) atoms. The molecule has 0 heterocycles. The molecule has 108 valence electrons. The third kappa shape index (κ3) is 2.02. The van der Waals surface area contributed by atoms with Gasteiger partial charge in [0.2, 0.25) is 0 Å². The van der Waals surface area contributed by atoms with Gasteiger partial charge in [0.25, 0.3) is 0 Å². The first-order valence-electron chi connectivity index (χ1n) is 7.95. The Kier molecular flexibility index (Phi) is 3.28. The van der Waals surface area contributed by atoms with Crippen LogP contribution in [0.4, 0.5) is 0 Å². The van der Waals surface area contributed by atoms with Crippen LogP contribution in [0.5, 0.6) is 0 Å². The van der Waals surface area contributed by atoms with Gasteiger partial charge < -0.3 is 5.11 Å². The topological polar surface area (TPSA) is 23.5 Å². The van der Waals surface area contributed by atoms with Gasteiger partial charge >= 0.3 is 0 Å². The van der Waals surface area contributed by atoms with Gasteiger partial charge in [-0.1, -0.05) is 55.0 Å². The van der Waals surface area contributed by atoms with Crippen molar-refractivity contribution in [2.75, 3.05) is 13.2 Å². The lowest BCUT2D eigenvalue weighted by Crippen LogP contribution is -2.43. The Morgan fingerprint density at radius 2 is 1.48 bits per heavy atom. The van der Waals surface area contributed by atoms with E-state index in [-0.39, 0.29) is 6.61 Å². The van der Waals surface area contributed by atoms with E-state index in [1.165, 1.54) is 41.5 Å². The zero-order valence-corrected chi connectivity index (χ0v) is 12.2. The molecule has 1 N–H and O–H groups in total. The first kappa shape index (κ1) is 13.1. The second-order valence-corrected chi connectivity index (χ2v) is 6.12. The lowest BCUT2D eigenvalue weighted by molar-refractivity contribution is 0.0756. The monoisotopic (exact) mass is 279 g/mol. The molecule has 0 spiro atoms. The maximum atomic E-state index is 9.52. The summed E-state index contributed by atoms with van der Waals surface area (Å²) in [4.78, 5) is 2.52. The number of aliphatic hydroxyl groups excluding tert-OH is 1. The van der Waals surface area contributed by atoms with Crippen molar-refractivity contribution in [3.8, 4) is 11.1 Å². The van der Waals surface area contributed by atoms with E-state index in [9.17, 15) is 5.11 Å². The smallest absolute Gasteiger partial charge is 0.0617 e. The number of hydrogen-bond acceptors (Lipinski definition) is 2. The summed E-state index contributed by atoms with van der Waals surface area (Å²) in [5, 5.41) is 9.52. The summed E-state index contributed by atoms with van der Waals surface area (Å²) in [7, 11) is 0. The quantitative estimate of drug-likeness (QED) is 0.924. The zero-order chi connectivity index (χ0) is 14.2. The summed E-state index contributed by atoms with van der Waals surface area (Å²) in [6, 6.07) is 18.4. The number of nitrogens with zero attached hydrogens (tertiary/aromatic N) is 1. The third-order valence-electron chi connectivity index (χ3n) is 5.03. The highest BCUT2D eigenvalue weighted by molar-refractivity contribution is 5.78. The zero-order valence-electron chi connectivity index (χ0n) is 12.2. The lowest BCUT2D eigenvalue weighted by Gasteiger charge is -2.41. The lowest BCUT2D eigenvalue weighted by atomic mass is 9.88. The molecule has 4 rings (SSSR count). The molecule has 2 aromatic carbocycles. The molecule has 0 unspecified atom stereocenters. The van der Waals surface area contributed by atoms with Gasteiger partial charge in [0, 0.05) is 12.6 Å². The van der Waals surface area contributed by atoms with E-state index in [2.05, 4.69) is 53.4 Å². The second-order valence-electron chi connectivity index (χ2n) is 6.12. The van der Waals surface area contributed by atoms with Crippen molar-refractivity contribution in [3.05, 3.63) is 59.7 Å². The number of fused-ring (bicyclic) bond motifs is 3. The number of hydrogen-bond donors (Lipinski definition) is 1. The van der Waals surface area contributed by atoms with Gasteiger partial charge in [0.05, 0.1) is 12.6 Å². The molecule has 2 heteroatoms. The standard InChI is InChI=1S/C19H21NO/c21-13-12-20(14-6-5-7-14)19-17-10-3-1-8-15(17)16-9-2-4-11-18(16)19/h1-4,8-11,14,19,21H,5-7,12-13H2. The molecule has 0 atom stereocenters. The van der Waals surface area contributed by atoms with E-state index < -0.39 is 0 Å². The van der Waals surface area contributed by atoms with Gasteiger partial charge in [0.1, 0.15) is 0 Å². The highest BCUT2D eigenvalue weighted by atomic mass is 16.3. The molecule has 0 bridgehead atoms. The van der Waals surface area contributed by atoms with Gasteiger partial charge in [-0.05, 0) is 35.1 Å². The Balaban J connectivity index is 1.83. The molecule has 0 radical (unpaired) electrons. The molecular weight excluding hydrogens is 258 g/mol. The van der Waals surface area contributed by atoms with Gasteiger partial charge in [-0.3, -0.25) is 4.90 Å². The number of benzene rings is 2. The molecule has 0 aromatic heterocycles. The van der Waals surface area contributed by atoms with Crippen LogP contribution >= 0.6 is 0 Å². The van der Waals surface area contributed by atoms with Crippen LogP contribution in [0.3, 0.4) is 0 Å². The fourth-order valence-electron chi connectivity index (χ4n) is 3.84. The fraction of sp³-hybridized carbons (Fsp3) is 0.368. The first-order valence-corrected chi connectivity index (χ1v) is 7.95. The molecule has 0 amide bonds. The minimum Gasteiger partial charge on any atom is -0.395 e. The van der Waals surface area contributed by atoms with Crippen LogP contribution in [-0.2, 0) is 0 Å². The van der Waals surface area contributed by atoms with Gasteiger partial charge in [-0.15, -0.1) is 0 Å². The Morgan fingerprint density at radius 1 is 0.905 bits per heavy atom.